The Kier molecular flexibility index (Phi) is 8.05. The van der Waals surface area contributed by atoms with Gasteiger partial charge in [0.1, 0.15) is 22.3 Å². The van der Waals surface area contributed by atoms with Gasteiger partial charge in [0.15, 0.2) is 0 Å². The lowest BCUT2D eigenvalue weighted by Crippen LogP contribution is -2.04. The highest BCUT2D eigenvalue weighted by atomic mass is 16.3. The quantitative estimate of drug-likeness (QED) is 0.154. The second-order valence-electron chi connectivity index (χ2n) is 16.0. The van der Waals surface area contributed by atoms with Crippen LogP contribution >= 0.6 is 0 Å². The number of hydrogen-bond donors (Lipinski definition) is 0. The fraction of sp³-hybridized carbons (Fsp3) is 0.0526. The van der Waals surface area contributed by atoms with Crippen LogP contribution < -0.4 is 0 Å². The Morgan fingerprint density at radius 3 is 1.83 bits per heavy atom. The van der Waals surface area contributed by atoms with Crippen LogP contribution in [-0.2, 0) is 6.42 Å². The molecule has 0 spiro atoms. The van der Waals surface area contributed by atoms with Crippen molar-refractivity contribution >= 4 is 65.7 Å². The molecule has 12 rings (SSSR count). The van der Waals surface area contributed by atoms with Crippen molar-refractivity contribution in [3.05, 3.63) is 223 Å². The summed E-state index contributed by atoms with van der Waals surface area (Å²) in [5.74, 6) is 0.125. The minimum Gasteiger partial charge on any atom is -0.456 e. The van der Waals surface area contributed by atoms with Crippen LogP contribution in [0.3, 0.4) is 0 Å². The van der Waals surface area contributed by atoms with Gasteiger partial charge < -0.3 is 13.4 Å². The first-order valence-electron chi connectivity index (χ1n) is 20.8. The molecule has 1 atom stereocenters. The molecule has 3 aromatic heterocycles. The van der Waals surface area contributed by atoms with Crippen LogP contribution in [0.15, 0.2) is 215 Å². The SMILES string of the molecule is c1ccc(-c2ccc(C(CCc3ccc4oc5ccccc5c4c3)c3cccc4oc5ccc(-c6ccc7c(c6)c6ccccc6n7-c6ccccc6)cc5c34)cc2)cc1. The average Bonchev–Trinajstić information content (AvgIpc) is 3.99. The molecule has 0 bridgehead atoms. The minimum absolute atomic E-state index is 0.125. The average molecular weight is 770 g/mol. The smallest absolute Gasteiger partial charge is 0.135 e. The largest absolute Gasteiger partial charge is 0.456 e. The van der Waals surface area contributed by atoms with Crippen molar-refractivity contribution in [2.45, 2.75) is 18.8 Å². The van der Waals surface area contributed by atoms with Gasteiger partial charge >= 0.3 is 0 Å². The van der Waals surface area contributed by atoms with Crippen molar-refractivity contribution in [3.63, 3.8) is 0 Å². The number of furan rings is 2. The lowest BCUT2D eigenvalue weighted by molar-refractivity contribution is 0.666. The first-order valence-corrected chi connectivity index (χ1v) is 20.8. The van der Waals surface area contributed by atoms with Crippen molar-refractivity contribution in [1.29, 1.82) is 0 Å². The lowest BCUT2D eigenvalue weighted by atomic mass is 9.83. The van der Waals surface area contributed by atoms with E-state index >= 15 is 0 Å². The maximum atomic E-state index is 6.66. The van der Waals surface area contributed by atoms with Crippen LogP contribution in [0, 0.1) is 0 Å². The molecule has 284 valence electrons. The molecule has 3 heterocycles. The standard InChI is InChI=1S/C57H39NO2/c1-3-12-38(13-4-1)39-24-26-40(27-25-39)44(30-22-37-23-32-54-49(34-37)46-17-8-10-20-53(46)59-54)47-18-11-21-56-57(47)50-36-42(29-33-55(50)60-56)41-28-31-52-48(35-41)45-16-7-9-19-51(45)58(52)43-14-5-2-6-15-43/h1-21,23-29,31-36,44H,22,30H2. The number of hydrogen-bond acceptors (Lipinski definition) is 2. The van der Waals surface area contributed by atoms with Crippen molar-refractivity contribution < 1.29 is 8.83 Å². The van der Waals surface area contributed by atoms with Gasteiger partial charge in [0.25, 0.3) is 0 Å². The monoisotopic (exact) mass is 769 g/mol. The second-order valence-corrected chi connectivity index (χ2v) is 16.0. The number of aromatic nitrogens is 1. The first-order chi connectivity index (χ1) is 29.7. The molecule has 3 nitrogen and oxygen atoms in total. The van der Waals surface area contributed by atoms with Crippen molar-refractivity contribution in [2.75, 3.05) is 0 Å². The summed E-state index contributed by atoms with van der Waals surface area (Å²) in [4.78, 5) is 0. The Bertz CT molecular complexity index is 3530. The van der Waals surface area contributed by atoms with Crippen LogP contribution in [0.1, 0.15) is 29.0 Å². The third-order valence-corrected chi connectivity index (χ3v) is 12.5. The molecule has 0 radical (unpaired) electrons. The summed E-state index contributed by atoms with van der Waals surface area (Å²) in [6, 6.07) is 74.4. The molecular formula is C57H39NO2. The Labute approximate surface area is 347 Å². The normalized spacial score (nSPS) is 12.4. The summed E-state index contributed by atoms with van der Waals surface area (Å²) >= 11 is 0. The Morgan fingerprint density at radius 2 is 0.983 bits per heavy atom. The van der Waals surface area contributed by atoms with Gasteiger partial charge in [-0.1, -0.05) is 140 Å². The molecule has 9 aromatic carbocycles. The van der Waals surface area contributed by atoms with E-state index in [2.05, 4.69) is 199 Å². The fourth-order valence-electron chi connectivity index (χ4n) is 9.61. The third kappa shape index (κ3) is 5.73. The minimum atomic E-state index is 0.125. The van der Waals surface area contributed by atoms with Crippen LogP contribution in [0.5, 0.6) is 0 Å². The number of benzene rings is 9. The highest BCUT2D eigenvalue weighted by molar-refractivity contribution is 6.12. The molecule has 0 aliphatic rings. The van der Waals surface area contributed by atoms with E-state index in [1.165, 1.54) is 71.5 Å². The Hall–Kier alpha value is -7.62. The van der Waals surface area contributed by atoms with Crippen LogP contribution in [0.2, 0.25) is 0 Å². The van der Waals surface area contributed by atoms with Crippen molar-refractivity contribution in [2.24, 2.45) is 0 Å². The molecule has 60 heavy (non-hydrogen) atoms. The fourth-order valence-corrected chi connectivity index (χ4v) is 9.61. The van der Waals surface area contributed by atoms with Crippen LogP contribution in [0.25, 0.3) is 93.6 Å². The van der Waals surface area contributed by atoms with E-state index in [-0.39, 0.29) is 5.92 Å². The van der Waals surface area contributed by atoms with Gasteiger partial charge in [-0.3, -0.25) is 0 Å². The van der Waals surface area contributed by atoms with E-state index < -0.39 is 0 Å². The molecule has 0 aliphatic carbocycles. The van der Waals surface area contributed by atoms with E-state index in [4.69, 9.17) is 8.83 Å². The topological polar surface area (TPSA) is 31.2 Å². The van der Waals surface area contributed by atoms with Gasteiger partial charge in [-0.15, -0.1) is 0 Å². The summed E-state index contributed by atoms with van der Waals surface area (Å²) in [5.41, 5.74) is 15.9. The number of fused-ring (bicyclic) bond motifs is 9. The van der Waals surface area contributed by atoms with Crippen LogP contribution in [-0.4, -0.2) is 4.57 Å². The first kappa shape index (κ1) is 34.4. The van der Waals surface area contributed by atoms with Gasteiger partial charge in [0, 0.05) is 43.9 Å². The molecule has 1 unspecified atom stereocenters. The molecule has 0 N–H and O–H groups in total. The highest BCUT2D eigenvalue weighted by Gasteiger charge is 2.22. The van der Waals surface area contributed by atoms with E-state index in [9.17, 15) is 0 Å². The van der Waals surface area contributed by atoms with Gasteiger partial charge in [-0.05, 0) is 119 Å². The van der Waals surface area contributed by atoms with E-state index in [1.54, 1.807) is 0 Å². The summed E-state index contributed by atoms with van der Waals surface area (Å²) in [6.45, 7) is 0. The molecule has 0 fully saturated rings. The maximum Gasteiger partial charge on any atom is 0.135 e. The molecule has 12 aromatic rings. The second kappa shape index (κ2) is 14.0. The number of aryl methyl sites for hydroxylation is 1. The molecule has 0 saturated carbocycles. The summed E-state index contributed by atoms with van der Waals surface area (Å²) in [5, 5.41) is 7.15. The van der Waals surface area contributed by atoms with Gasteiger partial charge in [-0.2, -0.15) is 0 Å². The highest BCUT2D eigenvalue weighted by Crippen LogP contribution is 2.42. The van der Waals surface area contributed by atoms with E-state index in [0.29, 0.717) is 0 Å². The summed E-state index contributed by atoms with van der Waals surface area (Å²) < 4.78 is 15.2. The molecule has 0 amide bonds. The maximum absolute atomic E-state index is 6.66. The molecule has 0 aliphatic heterocycles. The number of para-hydroxylation sites is 3. The predicted molar refractivity (Wildman–Crippen MR) is 249 cm³/mol. The summed E-state index contributed by atoms with van der Waals surface area (Å²) in [6.07, 6.45) is 1.84. The van der Waals surface area contributed by atoms with Crippen molar-refractivity contribution in [1.82, 2.24) is 4.57 Å². The molecule has 0 saturated heterocycles. The summed E-state index contributed by atoms with van der Waals surface area (Å²) in [7, 11) is 0. The van der Waals surface area contributed by atoms with E-state index in [0.717, 1.165) is 51.6 Å². The van der Waals surface area contributed by atoms with Crippen LogP contribution in [0.4, 0.5) is 0 Å². The zero-order valence-corrected chi connectivity index (χ0v) is 32.9. The van der Waals surface area contributed by atoms with Gasteiger partial charge in [0.05, 0.1) is 11.0 Å². The molecular weight excluding hydrogens is 731 g/mol. The Balaban J connectivity index is 0.980. The zero-order valence-electron chi connectivity index (χ0n) is 32.9. The molecule has 3 heteroatoms. The lowest BCUT2D eigenvalue weighted by Gasteiger charge is -2.20. The zero-order chi connectivity index (χ0) is 39.6. The van der Waals surface area contributed by atoms with Gasteiger partial charge in [-0.25, -0.2) is 0 Å². The van der Waals surface area contributed by atoms with Gasteiger partial charge in [0.2, 0.25) is 0 Å². The van der Waals surface area contributed by atoms with Crippen molar-refractivity contribution in [3.8, 4) is 27.9 Å². The number of nitrogens with zero attached hydrogens (tertiary/aromatic N) is 1. The third-order valence-electron chi connectivity index (χ3n) is 12.5. The van der Waals surface area contributed by atoms with E-state index in [1.807, 2.05) is 12.1 Å². The predicted octanol–water partition coefficient (Wildman–Crippen LogP) is 15.7. The Morgan fingerprint density at radius 1 is 0.383 bits per heavy atom. The number of rotatable bonds is 8.